The first kappa shape index (κ1) is 23.8. The van der Waals surface area contributed by atoms with Crippen molar-refractivity contribution in [3.05, 3.63) is 24.2 Å². The molecule has 0 radical (unpaired) electrons. The minimum absolute atomic E-state index is 0. The number of piperazine rings is 1. The number of nitrogens with one attached hydrogen (secondary N) is 1. The Bertz CT molecular complexity index is 612. The molecule has 1 N–H and O–H groups in total. The minimum atomic E-state index is -0.234. The SMILES string of the molecule is CCOC(=O)N1CCN(C(=NCC2CCCCO2)NCCc2ccco2)CC1.I. The van der Waals surface area contributed by atoms with Crippen LogP contribution in [0.15, 0.2) is 27.8 Å². The molecular weight excluding hydrogens is 487 g/mol. The zero-order chi connectivity index (χ0) is 19.6. The molecule has 1 aromatic rings. The summed E-state index contributed by atoms with van der Waals surface area (Å²) < 4.78 is 16.3. The van der Waals surface area contributed by atoms with E-state index in [4.69, 9.17) is 18.9 Å². The number of carbonyl (C=O) groups excluding carboxylic acids is 1. The molecule has 9 heteroatoms. The van der Waals surface area contributed by atoms with Gasteiger partial charge in [-0.1, -0.05) is 0 Å². The molecular formula is C20H33IN4O4. The lowest BCUT2D eigenvalue weighted by Crippen LogP contribution is -2.54. The van der Waals surface area contributed by atoms with E-state index < -0.39 is 0 Å². The lowest BCUT2D eigenvalue weighted by Gasteiger charge is -2.36. The molecule has 2 aliphatic heterocycles. The van der Waals surface area contributed by atoms with Gasteiger partial charge in [0.15, 0.2) is 5.96 Å². The molecule has 0 aliphatic carbocycles. The van der Waals surface area contributed by atoms with Gasteiger partial charge in [-0.05, 0) is 38.3 Å². The van der Waals surface area contributed by atoms with Gasteiger partial charge in [0.05, 0.1) is 25.5 Å². The Kier molecular flexibility index (Phi) is 10.6. The molecule has 164 valence electrons. The van der Waals surface area contributed by atoms with E-state index in [9.17, 15) is 4.79 Å². The monoisotopic (exact) mass is 520 g/mol. The number of nitrogens with zero attached hydrogens (tertiary/aromatic N) is 3. The smallest absolute Gasteiger partial charge is 0.409 e. The highest BCUT2D eigenvalue weighted by Crippen LogP contribution is 2.13. The van der Waals surface area contributed by atoms with Crippen molar-refractivity contribution in [1.29, 1.82) is 0 Å². The number of furan rings is 1. The van der Waals surface area contributed by atoms with Crippen molar-refractivity contribution in [3.63, 3.8) is 0 Å². The second kappa shape index (κ2) is 12.9. The maximum atomic E-state index is 11.9. The molecule has 1 amide bonds. The van der Waals surface area contributed by atoms with Crippen molar-refractivity contribution in [2.75, 3.05) is 52.5 Å². The van der Waals surface area contributed by atoms with E-state index in [0.717, 1.165) is 57.2 Å². The van der Waals surface area contributed by atoms with Crippen molar-refractivity contribution in [2.45, 2.75) is 38.7 Å². The van der Waals surface area contributed by atoms with Gasteiger partial charge in [-0.2, -0.15) is 0 Å². The van der Waals surface area contributed by atoms with Gasteiger partial charge in [-0.15, -0.1) is 24.0 Å². The zero-order valence-corrected chi connectivity index (χ0v) is 19.5. The van der Waals surface area contributed by atoms with E-state index in [2.05, 4.69) is 10.2 Å². The molecule has 3 heterocycles. The fourth-order valence-corrected chi connectivity index (χ4v) is 3.48. The van der Waals surface area contributed by atoms with Crippen molar-refractivity contribution >= 4 is 36.0 Å². The third-order valence-electron chi connectivity index (χ3n) is 5.06. The van der Waals surface area contributed by atoms with Gasteiger partial charge in [0.25, 0.3) is 0 Å². The van der Waals surface area contributed by atoms with E-state index in [0.29, 0.717) is 26.2 Å². The Hall–Kier alpha value is -1.49. The number of carbonyl (C=O) groups is 1. The molecule has 2 saturated heterocycles. The maximum absolute atomic E-state index is 11.9. The maximum Gasteiger partial charge on any atom is 0.409 e. The van der Waals surface area contributed by atoms with Crippen LogP contribution in [0.3, 0.4) is 0 Å². The lowest BCUT2D eigenvalue weighted by atomic mass is 10.1. The zero-order valence-electron chi connectivity index (χ0n) is 17.2. The van der Waals surface area contributed by atoms with Crippen molar-refractivity contribution in [1.82, 2.24) is 15.1 Å². The Balaban J connectivity index is 0.00000300. The summed E-state index contributed by atoms with van der Waals surface area (Å²) in [6, 6.07) is 3.88. The van der Waals surface area contributed by atoms with Gasteiger partial charge >= 0.3 is 6.09 Å². The Morgan fingerprint density at radius 2 is 2.07 bits per heavy atom. The van der Waals surface area contributed by atoms with E-state index >= 15 is 0 Å². The average Bonchev–Trinajstić information content (AvgIpc) is 3.25. The quantitative estimate of drug-likeness (QED) is 0.353. The van der Waals surface area contributed by atoms with Gasteiger partial charge in [-0.3, -0.25) is 4.99 Å². The first-order valence-corrected chi connectivity index (χ1v) is 10.3. The van der Waals surface area contributed by atoms with Crippen LogP contribution in [0.4, 0.5) is 4.79 Å². The number of rotatable bonds is 6. The van der Waals surface area contributed by atoms with Crippen LogP contribution in [0, 0.1) is 0 Å². The van der Waals surface area contributed by atoms with Crippen molar-refractivity contribution in [3.8, 4) is 0 Å². The van der Waals surface area contributed by atoms with Crippen LogP contribution >= 0.6 is 24.0 Å². The largest absolute Gasteiger partial charge is 0.469 e. The van der Waals surface area contributed by atoms with Crippen molar-refractivity contribution < 1.29 is 18.7 Å². The van der Waals surface area contributed by atoms with Gasteiger partial charge in [0.2, 0.25) is 0 Å². The van der Waals surface area contributed by atoms with Crippen LogP contribution in [-0.4, -0.2) is 80.4 Å². The minimum Gasteiger partial charge on any atom is -0.469 e. The number of guanidine groups is 1. The Labute approximate surface area is 190 Å². The Morgan fingerprint density at radius 3 is 2.72 bits per heavy atom. The third-order valence-corrected chi connectivity index (χ3v) is 5.06. The summed E-state index contributed by atoms with van der Waals surface area (Å²) in [6.07, 6.45) is 5.89. The summed E-state index contributed by atoms with van der Waals surface area (Å²) >= 11 is 0. The fourth-order valence-electron chi connectivity index (χ4n) is 3.48. The summed E-state index contributed by atoms with van der Waals surface area (Å²) in [5.41, 5.74) is 0. The predicted molar refractivity (Wildman–Crippen MR) is 122 cm³/mol. The number of ether oxygens (including phenoxy) is 2. The number of halogens is 1. The van der Waals surface area contributed by atoms with E-state index in [-0.39, 0.29) is 36.2 Å². The topological polar surface area (TPSA) is 79.5 Å². The fraction of sp³-hybridized carbons (Fsp3) is 0.700. The number of aliphatic imine (C=N–C) groups is 1. The lowest BCUT2D eigenvalue weighted by molar-refractivity contribution is 0.0222. The van der Waals surface area contributed by atoms with E-state index in [1.54, 1.807) is 11.2 Å². The average molecular weight is 520 g/mol. The molecule has 1 aromatic heterocycles. The highest BCUT2D eigenvalue weighted by atomic mass is 127. The van der Waals surface area contributed by atoms with Gasteiger partial charge in [0.1, 0.15) is 5.76 Å². The molecule has 1 atom stereocenters. The first-order valence-electron chi connectivity index (χ1n) is 10.3. The summed E-state index contributed by atoms with van der Waals surface area (Å²) in [6.45, 7) is 7.22. The molecule has 1 unspecified atom stereocenters. The van der Waals surface area contributed by atoms with Crippen molar-refractivity contribution in [2.24, 2.45) is 4.99 Å². The van der Waals surface area contributed by atoms with Crippen LogP contribution < -0.4 is 5.32 Å². The van der Waals surface area contributed by atoms with Crippen LogP contribution in [0.1, 0.15) is 31.9 Å². The molecule has 3 rings (SSSR count). The molecule has 0 spiro atoms. The molecule has 0 aromatic carbocycles. The molecule has 29 heavy (non-hydrogen) atoms. The van der Waals surface area contributed by atoms with Crippen LogP contribution in [0.2, 0.25) is 0 Å². The number of amides is 1. The molecule has 0 saturated carbocycles. The highest BCUT2D eigenvalue weighted by molar-refractivity contribution is 14.0. The summed E-state index contributed by atoms with van der Waals surface area (Å²) in [5, 5.41) is 3.46. The van der Waals surface area contributed by atoms with E-state index in [1.807, 2.05) is 19.1 Å². The van der Waals surface area contributed by atoms with Crippen LogP contribution in [0.5, 0.6) is 0 Å². The predicted octanol–water partition coefficient (Wildman–Crippen LogP) is 2.73. The summed E-state index contributed by atoms with van der Waals surface area (Å²) in [7, 11) is 0. The summed E-state index contributed by atoms with van der Waals surface area (Å²) in [5.74, 6) is 1.83. The number of hydrogen-bond donors (Lipinski definition) is 1. The molecule has 0 bridgehead atoms. The second-order valence-corrected chi connectivity index (χ2v) is 7.08. The van der Waals surface area contributed by atoms with Gasteiger partial charge in [-0.25, -0.2) is 4.79 Å². The van der Waals surface area contributed by atoms with E-state index in [1.165, 1.54) is 6.42 Å². The van der Waals surface area contributed by atoms with Crippen LogP contribution in [0.25, 0.3) is 0 Å². The second-order valence-electron chi connectivity index (χ2n) is 7.08. The highest BCUT2D eigenvalue weighted by Gasteiger charge is 2.24. The Morgan fingerprint density at radius 1 is 1.28 bits per heavy atom. The molecule has 8 nitrogen and oxygen atoms in total. The third kappa shape index (κ3) is 7.69. The van der Waals surface area contributed by atoms with Gasteiger partial charge in [0, 0.05) is 45.8 Å². The summed E-state index contributed by atoms with van der Waals surface area (Å²) in [4.78, 5) is 20.7. The first-order chi connectivity index (χ1) is 13.8. The standard InChI is InChI=1S/C20H32N4O4.HI/c1-2-26-20(25)24-12-10-23(11-13-24)19(21-9-8-17-7-5-15-27-17)22-16-18-6-3-4-14-28-18;/h5,7,15,18H,2-4,6,8-14,16H2,1H3,(H,21,22);1H. The van der Waals surface area contributed by atoms with Crippen LogP contribution in [-0.2, 0) is 15.9 Å². The number of hydrogen-bond acceptors (Lipinski definition) is 5. The normalized spacial score (nSPS) is 20.2. The van der Waals surface area contributed by atoms with Gasteiger partial charge < -0.3 is 29.0 Å². The molecule has 2 fully saturated rings. The molecule has 2 aliphatic rings.